The number of aryl methyl sites for hydroxylation is 5. The van der Waals surface area contributed by atoms with Crippen LogP contribution in [0.2, 0.25) is 0 Å². The van der Waals surface area contributed by atoms with Gasteiger partial charge in [0.05, 0.1) is 0 Å². The van der Waals surface area contributed by atoms with Crippen molar-refractivity contribution in [2.75, 3.05) is 0 Å². The summed E-state index contributed by atoms with van der Waals surface area (Å²) in [4.78, 5) is 0. The normalized spacial score (nSPS) is 11.8. The van der Waals surface area contributed by atoms with Crippen LogP contribution in [0.25, 0.3) is 39.0 Å². The Balaban J connectivity index is 0.000000168. The smallest absolute Gasteiger partial charge is 0.0105 e. The quantitative estimate of drug-likeness (QED) is 0.180. The van der Waals surface area contributed by atoms with Crippen LogP contribution in [0.15, 0.2) is 163 Å². The molecule has 0 saturated carbocycles. The topological polar surface area (TPSA) is 0 Å². The number of rotatable bonds is 4. The average Bonchev–Trinajstić information content (AvgIpc) is 3.10. The van der Waals surface area contributed by atoms with Gasteiger partial charge >= 0.3 is 0 Å². The third kappa shape index (κ3) is 9.68. The lowest BCUT2D eigenvalue weighted by atomic mass is 9.90. The number of benzene rings is 6. The molecule has 0 unspecified atom stereocenters. The minimum Gasteiger partial charge on any atom is -0.0807 e. The monoisotopic (exact) mass is 640 g/mol. The molecular formula is C49H52. The maximum Gasteiger partial charge on any atom is -0.0105 e. The first kappa shape index (κ1) is 36.6. The van der Waals surface area contributed by atoms with Crippen LogP contribution in [0.4, 0.5) is 0 Å². The standard InChI is InChI=1S/C20H18.C14H16.C14H14.CH4/c1-15-7-5-9-17(13-15)19-11-3-4-12-20(19)18-10-6-8-16(2)14-18;2*1-11-7-3-5-9-13(11)14-10-6-4-8-12(14)2;/h3-14H,1-2H3;3,5,7-10H,4,6H2,1-2H3;3-10H,1-2H3;1H4. The van der Waals surface area contributed by atoms with Gasteiger partial charge in [-0.25, -0.2) is 0 Å². The first-order valence-electron chi connectivity index (χ1n) is 17.1. The summed E-state index contributed by atoms with van der Waals surface area (Å²) in [5.41, 5.74) is 18.7. The van der Waals surface area contributed by atoms with Gasteiger partial charge in [-0.2, -0.15) is 0 Å². The molecule has 0 saturated heterocycles. The van der Waals surface area contributed by atoms with Crippen molar-refractivity contribution in [3.63, 3.8) is 0 Å². The Morgan fingerprint density at radius 1 is 0.347 bits per heavy atom. The van der Waals surface area contributed by atoms with Crippen LogP contribution in [0.1, 0.15) is 60.6 Å². The average molecular weight is 641 g/mol. The lowest BCUT2D eigenvalue weighted by molar-refractivity contribution is 1.02. The minimum atomic E-state index is 0. The third-order valence-corrected chi connectivity index (χ3v) is 8.99. The molecule has 0 spiro atoms. The van der Waals surface area contributed by atoms with Crippen LogP contribution in [0.3, 0.4) is 0 Å². The van der Waals surface area contributed by atoms with Gasteiger partial charge in [-0.1, -0.05) is 176 Å². The highest BCUT2D eigenvalue weighted by Gasteiger charge is 2.09. The predicted molar refractivity (Wildman–Crippen MR) is 217 cm³/mol. The lowest BCUT2D eigenvalue weighted by Gasteiger charge is -2.14. The van der Waals surface area contributed by atoms with Gasteiger partial charge < -0.3 is 0 Å². The van der Waals surface area contributed by atoms with Gasteiger partial charge in [-0.15, -0.1) is 0 Å². The van der Waals surface area contributed by atoms with Crippen molar-refractivity contribution in [3.8, 4) is 33.4 Å². The van der Waals surface area contributed by atoms with Gasteiger partial charge in [0.25, 0.3) is 0 Å². The molecule has 0 N–H and O–H groups in total. The molecule has 1 aliphatic carbocycles. The van der Waals surface area contributed by atoms with E-state index in [1.165, 1.54) is 90.7 Å². The fraction of sp³-hybridized carbons (Fsp3) is 0.184. The molecule has 6 aromatic carbocycles. The molecule has 0 aliphatic heterocycles. The Morgan fingerprint density at radius 3 is 1.10 bits per heavy atom. The highest BCUT2D eigenvalue weighted by molar-refractivity contribution is 5.84. The van der Waals surface area contributed by atoms with Crippen molar-refractivity contribution in [2.45, 2.75) is 61.8 Å². The highest BCUT2D eigenvalue weighted by atomic mass is 14.1. The Kier molecular flexibility index (Phi) is 13.3. The van der Waals surface area contributed by atoms with Crippen LogP contribution in [0, 0.1) is 34.6 Å². The van der Waals surface area contributed by atoms with E-state index in [1.54, 1.807) is 0 Å². The summed E-state index contributed by atoms with van der Waals surface area (Å²) in [7, 11) is 0. The van der Waals surface area contributed by atoms with Crippen molar-refractivity contribution in [1.29, 1.82) is 0 Å². The van der Waals surface area contributed by atoms with E-state index < -0.39 is 0 Å². The maximum absolute atomic E-state index is 2.36. The van der Waals surface area contributed by atoms with Gasteiger partial charge in [0, 0.05) is 0 Å². The lowest BCUT2D eigenvalue weighted by Crippen LogP contribution is -1.94. The molecule has 0 bridgehead atoms. The zero-order chi connectivity index (χ0) is 33.9. The van der Waals surface area contributed by atoms with Gasteiger partial charge in [-0.05, 0) is 121 Å². The van der Waals surface area contributed by atoms with Gasteiger partial charge in [0.2, 0.25) is 0 Å². The third-order valence-electron chi connectivity index (χ3n) is 8.99. The number of allylic oxidation sites excluding steroid dienone is 4. The molecule has 7 rings (SSSR count). The molecule has 0 nitrogen and oxygen atoms in total. The summed E-state index contributed by atoms with van der Waals surface area (Å²) in [6.07, 6.45) is 7.07. The SMILES string of the molecule is C.CC1=CCCC=C1c1ccccc1C.Cc1cccc(-c2ccccc2-c2cccc(C)c2)c1.Cc1ccccc1-c1ccccc1C. The van der Waals surface area contributed by atoms with Crippen LogP contribution in [-0.4, -0.2) is 0 Å². The van der Waals surface area contributed by atoms with E-state index in [0.29, 0.717) is 0 Å². The number of hydrogen-bond acceptors (Lipinski definition) is 0. The van der Waals surface area contributed by atoms with E-state index in [-0.39, 0.29) is 7.43 Å². The molecule has 0 aromatic heterocycles. The van der Waals surface area contributed by atoms with Crippen molar-refractivity contribution >= 4 is 5.57 Å². The molecule has 248 valence electrons. The van der Waals surface area contributed by atoms with Crippen LogP contribution < -0.4 is 0 Å². The molecule has 0 heterocycles. The predicted octanol–water partition coefficient (Wildman–Crippen LogP) is 14.4. The zero-order valence-electron chi connectivity index (χ0n) is 29.4. The molecule has 0 radical (unpaired) electrons. The summed E-state index contributed by atoms with van der Waals surface area (Å²) < 4.78 is 0. The van der Waals surface area contributed by atoms with Crippen molar-refractivity contribution < 1.29 is 0 Å². The fourth-order valence-electron chi connectivity index (χ4n) is 6.36. The first-order chi connectivity index (χ1) is 23.3. The molecule has 6 aromatic rings. The zero-order valence-corrected chi connectivity index (χ0v) is 29.4. The molecule has 0 amide bonds. The fourth-order valence-corrected chi connectivity index (χ4v) is 6.36. The second-order valence-corrected chi connectivity index (χ2v) is 12.8. The summed E-state index contributed by atoms with van der Waals surface area (Å²) >= 11 is 0. The minimum absolute atomic E-state index is 0. The van der Waals surface area contributed by atoms with E-state index in [4.69, 9.17) is 0 Å². The van der Waals surface area contributed by atoms with Crippen LogP contribution in [0.5, 0.6) is 0 Å². The maximum atomic E-state index is 2.36. The number of hydrogen-bond donors (Lipinski definition) is 0. The second kappa shape index (κ2) is 17.8. The highest BCUT2D eigenvalue weighted by Crippen LogP contribution is 2.33. The Labute approximate surface area is 296 Å². The Hall–Kier alpha value is -5.20. The van der Waals surface area contributed by atoms with E-state index >= 15 is 0 Å². The van der Waals surface area contributed by atoms with Crippen molar-refractivity contribution in [3.05, 3.63) is 197 Å². The Bertz CT molecular complexity index is 1930. The summed E-state index contributed by atoms with van der Waals surface area (Å²) in [6.45, 7) is 13.0. The van der Waals surface area contributed by atoms with Gasteiger partial charge in [0.1, 0.15) is 0 Å². The van der Waals surface area contributed by atoms with Crippen LogP contribution >= 0.6 is 0 Å². The van der Waals surface area contributed by atoms with Crippen molar-refractivity contribution in [2.24, 2.45) is 0 Å². The molecule has 1 aliphatic rings. The van der Waals surface area contributed by atoms with Crippen LogP contribution in [-0.2, 0) is 0 Å². The van der Waals surface area contributed by atoms with E-state index in [2.05, 4.69) is 199 Å². The molecule has 0 heteroatoms. The molecular weight excluding hydrogens is 589 g/mol. The van der Waals surface area contributed by atoms with E-state index in [1.807, 2.05) is 0 Å². The molecule has 0 atom stereocenters. The Morgan fingerprint density at radius 2 is 0.714 bits per heavy atom. The second-order valence-electron chi connectivity index (χ2n) is 12.8. The summed E-state index contributed by atoms with van der Waals surface area (Å²) in [6, 6.07) is 51.6. The first-order valence-corrected chi connectivity index (χ1v) is 17.1. The summed E-state index contributed by atoms with van der Waals surface area (Å²) in [5, 5.41) is 0. The van der Waals surface area contributed by atoms with Crippen molar-refractivity contribution in [1.82, 2.24) is 0 Å². The molecule has 0 fully saturated rings. The van der Waals surface area contributed by atoms with E-state index in [0.717, 1.165) is 0 Å². The molecule has 49 heavy (non-hydrogen) atoms. The van der Waals surface area contributed by atoms with Gasteiger partial charge in [0.15, 0.2) is 0 Å². The van der Waals surface area contributed by atoms with E-state index in [9.17, 15) is 0 Å². The van der Waals surface area contributed by atoms with Gasteiger partial charge in [-0.3, -0.25) is 0 Å². The summed E-state index contributed by atoms with van der Waals surface area (Å²) in [5.74, 6) is 0. The largest absolute Gasteiger partial charge is 0.0807 e.